The van der Waals surface area contributed by atoms with Crippen LogP contribution in [0, 0.1) is 11.3 Å². The van der Waals surface area contributed by atoms with E-state index in [1.165, 1.54) is 0 Å². The minimum Gasteiger partial charge on any atom is -0.341 e. The summed E-state index contributed by atoms with van der Waals surface area (Å²) in [6.07, 6.45) is 3.90. The molecule has 3 aromatic rings. The van der Waals surface area contributed by atoms with Gasteiger partial charge < -0.3 is 4.90 Å². The number of hydrogen-bond acceptors (Lipinski definition) is 3. The Bertz CT molecular complexity index is 1230. The molecule has 0 saturated heterocycles. The quantitative estimate of drug-likeness (QED) is 0.503. The molecule has 30 heavy (non-hydrogen) atoms. The lowest BCUT2D eigenvalue weighted by molar-refractivity contribution is 0.0799. The highest BCUT2D eigenvalue weighted by molar-refractivity contribution is 6.42. The average Bonchev–Trinajstić information content (AvgIpc) is 3.14. The lowest BCUT2D eigenvalue weighted by atomic mass is 9.99. The highest BCUT2D eigenvalue weighted by Crippen LogP contribution is 2.38. The molecule has 0 unspecified atom stereocenters. The number of para-hydroxylation sites is 1. The van der Waals surface area contributed by atoms with Gasteiger partial charge in [0.15, 0.2) is 0 Å². The maximum atomic E-state index is 13.3. The van der Waals surface area contributed by atoms with Crippen LogP contribution in [0.3, 0.4) is 0 Å². The van der Waals surface area contributed by atoms with Gasteiger partial charge in [-0.1, -0.05) is 47.5 Å². The summed E-state index contributed by atoms with van der Waals surface area (Å²) >= 11 is 12.2. The van der Waals surface area contributed by atoms with E-state index in [0.717, 1.165) is 46.1 Å². The number of nitrogens with zero attached hydrogens (tertiary/aromatic N) is 3. The molecule has 1 aliphatic rings. The van der Waals surface area contributed by atoms with Crippen LogP contribution >= 0.6 is 23.2 Å². The normalized spacial score (nSPS) is 14.0. The third kappa shape index (κ3) is 3.79. The first-order chi connectivity index (χ1) is 14.5. The lowest BCUT2D eigenvalue weighted by Gasteiger charge is -2.19. The van der Waals surface area contributed by atoms with E-state index < -0.39 is 0 Å². The smallest absolute Gasteiger partial charge is 0.254 e. The van der Waals surface area contributed by atoms with E-state index in [9.17, 15) is 4.79 Å². The van der Waals surface area contributed by atoms with Crippen LogP contribution in [0.4, 0.5) is 0 Å². The maximum Gasteiger partial charge on any atom is 0.254 e. The van der Waals surface area contributed by atoms with Gasteiger partial charge in [0.1, 0.15) is 0 Å². The third-order valence-electron chi connectivity index (χ3n) is 5.35. The van der Waals surface area contributed by atoms with Gasteiger partial charge in [-0.15, -0.1) is 0 Å². The Morgan fingerprint density at radius 1 is 1.20 bits per heavy atom. The molecule has 0 saturated carbocycles. The molecule has 2 aromatic carbocycles. The Kier molecular flexibility index (Phi) is 5.76. The van der Waals surface area contributed by atoms with Gasteiger partial charge in [-0.05, 0) is 53.8 Å². The van der Waals surface area contributed by atoms with E-state index in [2.05, 4.69) is 12.1 Å². The number of hydrogen-bond donors (Lipinski definition) is 0. The molecule has 4 nitrogen and oxygen atoms in total. The summed E-state index contributed by atoms with van der Waals surface area (Å²) in [5, 5.41) is 10.8. The molecule has 1 amide bonds. The van der Waals surface area contributed by atoms with E-state index in [1.54, 1.807) is 18.0 Å². The summed E-state index contributed by atoms with van der Waals surface area (Å²) in [5.41, 5.74) is 5.32. The van der Waals surface area contributed by atoms with E-state index in [4.69, 9.17) is 33.4 Å². The van der Waals surface area contributed by atoms with Crippen molar-refractivity contribution in [3.8, 4) is 6.07 Å². The Hall–Kier alpha value is -2.87. The number of fused-ring (bicyclic) bond motifs is 2. The summed E-state index contributed by atoms with van der Waals surface area (Å²) in [4.78, 5) is 19.8. The zero-order chi connectivity index (χ0) is 21.3. The van der Waals surface area contributed by atoms with E-state index >= 15 is 0 Å². The highest BCUT2D eigenvalue weighted by atomic mass is 35.5. The van der Waals surface area contributed by atoms with E-state index in [0.29, 0.717) is 28.6 Å². The van der Waals surface area contributed by atoms with Gasteiger partial charge in [-0.3, -0.25) is 4.79 Å². The van der Waals surface area contributed by atoms with Crippen molar-refractivity contribution in [1.82, 2.24) is 9.88 Å². The van der Waals surface area contributed by atoms with Crippen molar-refractivity contribution in [2.45, 2.75) is 19.3 Å². The van der Waals surface area contributed by atoms with E-state index in [-0.39, 0.29) is 5.91 Å². The predicted octanol–water partition coefficient (Wildman–Crippen LogP) is 6.01. The molecule has 4 rings (SSSR count). The van der Waals surface area contributed by atoms with Crippen LogP contribution in [0.5, 0.6) is 0 Å². The maximum absolute atomic E-state index is 13.3. The topological polar surface area (TPSA) is 57.0 Å². The van der Waals surface area contributed by atoms with E-state index in [1.807, 2.05) is 36.4 Å². The summed E-state index contributed by atoms with van der Waals surface area (Å²) in [6, 6.07) is 15.3. The first kappa shape index (κ1) is 20.4. The van der Waals surface area contributed by atoms with Gasteiger partial charge in [0.2, 0.25) is 0 Å². The molecule has 0 aliphatic heterocycles. The Morgan fingerprint density at radius 3 is 2.77 bits per heavy atom. The summed E-state index contributed by atoms with van der Waals surface area (Å²) in [5.74, 6) is -0.0733. The first-order valence-electron chi connectivity index (χ1n) is 9.69. The molecule has 0 spiro atoms. The number of pyridine rings is 1. The second kappa shape index (κ2) is 8.47. The van der Waals surface area contributed by atoms with Gasteiger partial charge in [-0.2, -0.15) is 5.26 Å². The molecule has 1 aromatic heterocycles. The molecule has 6 heteroatoms. The largest absolute Gasteiger partial charge is 0.341 e. The summed E-state index contributed by atoms with van der Waals surface area (Å²) in [7, 11) is 1.74. The third-order valence-corrected chi connectivity index (χ3v) is 6.08. The van der Waals surface area contributed by atoms with Crippen molar-refractivity contribution in [1.29, 1.82) is 5.26 Å². The van der Waals surface area contributed by atoms with Gasteiger partial charge >= 0.3 is 0 Å². The number of amides is 1. The molecule has 0 N–H and O–H groups in total. The molecule has 0 fully saturated rings. The van der Waals surface area contributed by atoms with Gasteiger partial charge in [-0.25, -0.2) is 4.98 Å². The molecule has 0 bridgehead atoms. The average molecular weight is 436 g/mol. The van der Waals surface area contributed by atoms with Gasteiger partial charge in [0.25, 0.3) is 5.91 Å². The fourth-order valence-electron chi connectivity index (χ4n) is 3.84. The highest BCUT2D eigenvalue weighted by Gasteiger charge is 2.28. The van der Waals surface area contributed by atoms with Crippen LogP contribution in [0.15, 0.2) is 42.5 Å². The number of carbonyl (C=O) groups excluding carboxylic acids is 1. The number of halogens is 2. The van der Waals surface area contributed by atoms with Gasteiger partial charge in [0.05, 0.1) is 39.3 Å². The van der Waals surface area contributed by atoms with Crippen molar-refractivity contribution >= 4 is 51.7 Å². The molecule has 1 aliphatic carbocycles. The molecule has 1 heterocycles. The molecular formula is C24H19Cl2N3O. The number of carbonyl (C=O) groups is 1. The van der Waals surface area contributed by atoms with Crippen molar-refractivity contribution in [2.24, 2.45) is 0 Å². The summed E-state index contributed by atoms with van der Waals surface area (Å²) in [6.45, 7) is 0.396. The van der Waals surface area contributed by atoms with Gasteiger partial charge in [0, 0.05) is 19.0 Å². The van der Waals surface area contributed by atoms with Crippen molar-refractivity contribution in [2.75, 3.05) is 13.6 Å². The minimum absolute atomic E-state index is 0.0733. The van der Waals surface area contributed by atoms with Crippen LogP contribution in [0.2, 0.25) is 10.0 Å². The lowest BCUT2D eigenvalue weighted by Crippen LogP contribution is -2.28. The van der Waals surface area contributed by atoms with Crippen LogP contribution in [0.25, 0.3) is 22.6 Å². The number of benzene rings is 2. The van der Waals surface area contributed by atoms with Crippen molar-refractivity contribution in [3.05, 3.63) is 74.9 Å². The molecular weight excluding hydrogens is 417 g/mol. The Balaban J connectivity index is 1.85. The van der Waals surface area contributed by atoms with Crippen LogP contribution in [-0.4, -0.2) is 29.4 Å². The monoisotopic (exact) mass is 435 g/mol. The zero-order valence-electron chi connectivity index (χ0n) is 16.5. The standard InChI is InChI=1S/C24H19Cl2N3O/c1-29(12-4-11-27)24(30)22-17-5-2-3-6-21(17)28-23-16(8-9-18(22)23)13-15-7-10-19(25)20(26)14-15/h2-3,5-7,10,13-14H,4,8-9,12H2,1H3. The zero-order valence-corrected chi connectivity index (χ0v) is 18.0. The van der Waals surface area contributed by atoms with Crippen LogP contribution in [0.1, 0.15) is 40.0 Å². The fourth-order valence-corrected chi connectivity index (χ4v) is 4.14. The fraction of sp³-hybridized carbons (Fsp3) is 0.208. The second-order valence-electron chi connectivity index (χ2n) is 7.31. The molecule has 0 atom stereocenters. The summed E-state index contributed by atoms with van der Waals surface area (Å²) < 4.78 is 0. The van der Waals surface area contributed by atoms with Crippen LogP contribution in [-0.2, 0) is 6.42 Å². The second-order valence-corrected chi connectivity index (χ2v) is 8.12. The number of aromatic nitrogens is 1. The molecule has 0 radical (unpaired) electrons. The number of rotatable bonds is 4. The first-order valence-corrected chi connectivity index (χ1v) is 10.4. The molecule has 150 valence electrons. The van der Waals surface area contributed by atoms with Crippen molar-refractivity contribution < 1.29 is 4.79 Å². The Labute approximate surface area is 185 Å². The minimum atomic E-state index is -0.0733. The van der Waals surface area contributed by atoms with Crippen molar-refractivity contribution in [3.63, 3.8) is 0 Å². The Morgan fingerprint density at radius 2 is 2.00 bits per heavy atom. The van der Waals surface area contributed by atoms with Crippen LogP contribution < -0.4 is 0 Å². The number of allylic oxidation sites excluding steroid dienone is 1. The predicted molar refractivity (Wildman–Crippen MR) is 122 cm³/mol. The number of nitriles is 1. The SMILES string of the molecule is CN(CCC#N)C(=O)c1c2c(nc3ccccc13)C(=Cc1ccc(Cl)c(Cl)c1)CC2.